The standard InChI is InChI=1S/C21H19N5O/c1-25(2)19-13-12-15(14-22-19)20(27)24-21-23-17-10-6-7-11-18(17)26(21)16-8-4-3-5-9-16/h3-14H,1-2H3,(H,23,24,27). The summed E-state index contributed by atoms with van der Waals surface area (Å²) in [5, 5.41) is 2.92. The quantitative estimate of drug-likeness (QED) is 0.604. The maximum absolute atomic E-state index is 12.7. The first-order chi connectivity index (χ1) is 13.1. The zero-order valence-corrected chi connectivity index (χ0v) is 15.1. The van der Waals surface area contributed by atoms with Gasteiger partial charge in [-0.25, -0.2) is 9.97 Å². The predicted molar refractivity (Wildman–Crippen MR) is 108 cm³/mol. The van der Waals surface area contributed by atoms with Crippen molar-refractivity contribution in [3.05, 3.63) is 78.5 Å². The second kappa shape index (κ2) is 6.92. The van der Waals surface area contributed by atoms with Gasteiger partial charge in [0.25, 0.3) is 5.91 Å². The molecule has 6 heteroatoms. The molecule has 6 nitrogen and oxygen atoms in total. The number of rotatable bonds is 4. The number of carbonyl (C=O) groups excluding carboxylic acids is 1. The van der Waals surface area contributed by atoms with E-state index >= 15 is 0 Å². The molecule has 0 spiro atoms. The maximum atomic E-state index is 12.7. The van der Waals surface area contributed by atoms with Crippen LogP contribution in [-0.2, 0) is 0 Å². The number of hydrogen-bond acceptors (Lipinski definition) is 4. The average molecular weight is 357 g/mol. The van der Waals surface area contributed by atoms with Gasteiger partial charge in [-0.2, -0.15) is 0 Å². The lowest BCUT2D eigenvalue weighted by Crippen LogP contribution is -2.17. The lowest BCUT2D eigenvalue weighted by Gasteiger charge is -2.12. The van der Waals surface area contributed by atoms with E-state index in [-0.39, 0.29) is 5.91 Å². The van der Waals surface area contributed by atoms with E-state index in [0.717, 1.165) is 22.5 Å². The number of benzene rings is 2. The number of aromatic nitrogens is 3. The van der Waals surface area contributed by atoms with Crippen LogP contribution >= 0.6 is 0 Å². The smallest absolute Gasteiger partial charge is 0.259 e. The number of anilines is 2. The van der Waals surface area contributed by atoms with Crippen molar-refractivity contribution in [1.82, 2.24) is 14.5 Å². The van der Waals surface area contributed by atoms with Crippen molar-refractivity contribution >= 4 is 28.7 Å². The highest BCUT2D eigenvalue weighted by Crippen LogP contribution is 2.25. The van der Waals surface area contributed by atoms with Crippen molar-refractivity contribution in [2.45, 2.75) is 0 Å². The van der Waals surface area contributed by atoms with E-state index in [0.29, 0.717) is 11.5 Å². The first kappa shape index (κ1) is 16.8. The fraction of sp³-hybridized carbons (Fsp3) is 0.0952. The van der Waals surface area contributed by atoms with Crippen LogP contribution < -0.4 is 10.2 Å². The molecule has 1 amide bonds. The minimum Gasteiger partial charge on any atom is -0.363 e. The molecule has 2 heterocycles. The molecule has 0 radical (unpaired) electrons. The molecule has 0 saturated heterocycles. The Bertz CT molecular complexity index is 1080. The number of para-hydroxylation sites is 3. The Morgan fingerprint density at radius 2 is 1.70 bits per heavy atom. The third kappa shape index (κ3) is 3.25. The summed E-state index contributed by atoms with van der Waals surface area (Å²) in [7, 11) is 3.81. The SMILES string of the molecule is CN(C)c1ccc(C(=O)Nc2nc3ccccc3n2-c2ccccc2)cn1. The molecule has 2 aromatic carbocycles. The third-order valence-electron chi connectivity index (χ3n) is 4.27. The van der Waals surface area contributed by atoms with Gasteiger partial charge in [0.2, 0.25) is 5.95 Å². The number of imidazole rings is 1. The van der Waals surface area contributed by atoms with Gasteiger partial charge >= 0.3 is 0 Å². The molecule has 134 valence electrons. The molecule has 4 aromatic rings. The zero-order chi connectivity index (χ0) is 18.8. The van der Waals surface area contributed by atoms with E-state index in [9.17, 15) is 4.79 Å². The van der Waals surface area contributed by atoms with E-state index < -0.39 is 0 Å². The van der Waals surface area contributed by atoms with E-state index in [2.05, 4.69) is 15.3 Å². The largest absolute Gasteiger partial charge is 0.363 e. The molecule has 0 saturated carbocycles. The first-order valence-corrected chi connectivity index (χ1v) is 8.61. The molecule has 0 atom stereocenters. The van der Waals surface area contributed by atoms with Crippen LogP contribution in [0.5, 0.6) is 0 Å². The van der Waals surface area contributed by atoms with Crippen molar-refractivity contribution in [1.29, 1.82) is 0 Å². The van der Waals surface area contributed by atoms with Crippen molar-refractivity contribution in [3.63, 3.8) is 0 Å². The summed E-state index contributed by atoms with van der Waals surface area (Å²) in [5.41, 5.74) is 3.16. The van der Waals surface area contributed by atoms with Crippen LogP contribution in [0.15, 0.2) is 72.9 Å². The number of nitrogens with zero attached hydrogens (tertiary/aromatic N) is 4. The topological polar surface area (TPSA) is 63.1 Å². The van der Waals surface area contributed by atoms with Crippen molar-refractivity contribution in [2.24, 2.45) is 0 Å². The summed E-state index contributed by atoms with van der Waals surface area (Å²) in [5.74, 6) is 1.02. The molecule has 0 aliphatic heterocycles. The third-order valence-corrected chi connectivity index (χ3v) is 4.27. The zero-order valence-electron chi connectivity index (χ0n) is 15.1. The Balaban J connectivity index is 1.72. The molecular formula is C21H19N5O. The molecule has 4 rings (SSSR count). The van der Waals surface area contributed by atoms with Gasteiger partial charge in [0.15, 0.2) is 0 Å². The van der Waals surface area contributed by atoms with Gasteiger partial charge in [0.05, 0.1) is 16.6 Å². The highest BCUT2D eigenvalue weighted by Gasteiger charge is 2.16. The fourth-order valence-corrected chi connectivity index (χ4v) is 2.91. The van der Waals surface area contributed by atoms with E-state index in [1.807, 2.05) is 84.2 Å². The first-order valence-electron chi connectivity index (χ1n) is 8.61. The highest BCUT2D eigenvalue weighted by atomic mass is 16.1. The Hall–Kier alpha value is -3.67. The summed E-state index contributed by atoms with van der Waals surface area (Å²) in [4.78, 5) is 23.5. The molecule has 0 unspecified atom stereocenters. The van der Waals surface area contributed by atoms with Crippen LogP contribution in [0.25, 0.3) is 16.7 Å². The van der Waals surface area contributed by atoms with Gasteiger partial charge in [0.1, 0.15) is 5.82 Å². The highest BCUT2D eigenvalue weighted by molar-refractivity contribution is 6.04. The average Bonchev–Trinajstić information content (AvgIpc) is 3.06. The fourth-order valence-electron chi connectivity index (χ4n) is 2.91. The van der Waals surface area contributed by atoms with E-state index in [1.165, 1.54) is 0 Å². The molecule has 0 fully saturated rings. The van der Waals surface area contributed by atoms with Gasteiger partial charge in [0, 0.05) is 26.0 Å². The van der Waals surface area contributed by atoms with E-state index in [1.54, 1.807) is 12.3 Å². The predicted octanol–water partition coefficient (Wildman–Crippen LogP) is 3.74. The van der Waals surface area contributed by atoms with Gasteiger partial charge in [-0.3, -0.25) is 14.7 Å². The summed E-state index contributed by atoms with van der Waals surface area (Å²) in [6.45, 7) is 0. The van der Waals surface area contributed by atoms with Crippen molar-refractivity contribution in [3.8, 4) is 5.69 Å². The lowest BCUT2D eigenvalue weighted by atomic mass is 10.2. The Kier molecular flexibility index (Phi) is 4.30. The minimum absolute atomic E-state index is 0.250. The number of hydrogen-bond donors (Lipinski definition) is 1. The summed E-state index contributed by atoms with van der Waals surface area (Å²) in [6, 6.07) is 21.2. The van der Waals surface area contributed by atoms with Crippen LogP contribution in [0.4, 0.5) is 11.8 Å². The van der Waals surface area contributed by atoms with Crippen LogP contribution in [0.1, 0.15) is 10.4 Å². The second-order valence-electron chi connectivity index (χ2n) is 6.35. The molecule has 2 aromatic heterocycles. The van der Waals surface area contributed by atoms with Gasteiger partial charge in [-0.1, -0.05) is 30.3 Å². The monoisotopic (exact) mass is 357 g/mol. The van der Waals surface area contributed by atoms with Crippen molar-refractivity contribution < 1.29 is 4.79 Å². The van der Waals surface area contributed by atoms with Crippen LogP contribution in [-0.4, -0.2) is 34.5 Å². The van der Waals surface area contributed by atoms with Gasteiger partial charge in [-0.05, 0) is 36.4 Å². The second-order valence-corrected chi connectivity index (χ2v) is 6.35. The summed E-state index contributed by atoms with van der Waals surface area (Å²) >= 11 is 0. The van der Waals surface area contributed by atoms with Crippen LogP contribution in [0, 0.1) is 0 Å². The molecule has 0 aliphatic carbocycles. The van der Waals surface area contributed by atoms with Crippen molar-refractivity contribution in [2.75, 3.05) is 24.3 Å². The number of carbonyl (C=O) groups is 1. The maximum Gasteiger partial charge on any atom is 0.259 e. The lowest BCUT2D eigenvalue weighted by molar-refractivity contribution is 0.102. The minimum atomic E-state index is -0.250. The van der Waals surface area contributed by atoms with Gasteiger partial charge < -0.3 is 4.90 Å². The number of fused-ring (bicyclic) bond motifs is 1. The summed E-state index contributed by atoms with van der Waals surface area (Å²) < 4.78 is 1.94. The normalized spacial score (nSPS) is 10.7. The molecule has 1 N–H and O–H groups in total. The molecule has 0 aliphatic rings. The van der Waals surface area contributed by atoms with Crippen LogP contribution in [0.2, 0.25) is 0 Å². The van der Waals surface area contributed by atoms with Gasteiger partial charge in [-0.15, -0.1) is 0 Å². The Labute approximate surface area is 157 Å². The number of nitrogens with one attached hydrogen (secondary N) is 1. The Morgan fingerprint density at radius 1 is 0.963 bits per heavy atom. The molecule has 27 heavy (non-hydrogen) atoms. The number of amides is 1. The molecule has 0 bridgehead atoms. The summed E-state index contributed by atoms with van der Waals surface area (Å²) in [6.07, 6.45) is 1.57. The Morgan fingerprint density at radius 3 is 2.41 bits per heavy atom. The van der Waals surface area contributed by atoms with E-state index in [4.69, 9.17) is 0 Å². The molecular weight excluding hydrogens is 338 g/mol. The number of pyridine rings is 1. The van der Waals surface area contributed by atoms with Crippen LogP contribution in [0.3, 0.4) is 0 Å².